The van der Waals surface area contributed by atoms with Crippen molar-refractivity contribution in [2.45, 2.75) is 6.92 Å². The van der Waals surface area contributed by atoms with E-state index in [2.05, 4.69) is 4.98 Å². The van der Waals surface area contributed by atoms with Crippen molar-refractivity contribution < 1.29 is 4.74 Å². The third-order valence-corrected chi connectivity index (χ3v) is 2.65. The topological polar surface area (TPSA) is 22.1 Å². The summed E-state index contributed by atoms with van der Waals surface area (Å²) in [5.41, 5.74) is 1.08. The Morgan fingerprint density at radius 3 is 2.56 bits per heavy atom. The number of aryl methyl sites for hydroxylation is 1. The molecule has 0 spiro atoms. The van der Waals surface area contributed by atoms with E-state index < -0.39 is 0 Å². The van der Waals surface area contributed by atoms with Crippen LogP contribution in [-0.2, 0) is 0 Å². The lowest BCUT2D eigenvalue weighted by Gasteiger charge is -2.08. The van der Waals surface area contributed by atoms with E-state index in [-0.39, 0.29) is 0 Å². The molecule has 0 radical (unpaired) electrons. The lowest BCUT2D eigenvalue weighted by atomic mass is 10.2. The van der Waals surface area contributed by atoms with Gasteiger partial charge in [-0.05, 0) is 30.7 Å². The quantitative estimate of drug-likeness (QED) is 0.787. The fraction of sp³-hybridized carbons (Fsp3) is 0.0833. The minimum atomic E-state index is 0.495. The number of rotatable bonds is 2. The normalized spacial score (nSPS) is 10.2. The van der Waals surface area contributed by atoms with E-state index >= 15 is 0 Å². The van der Waals surface area contributed by atoms with Gasteiger partial charge in [-0.1, -0.05) is 29.3 Å². The van der Waals surface area contributed by atoms with Crippen molar-refractivity contribution in [3.8, 4) is 11.5 Å². The van der Waals surface area contributed by atoms with Crippen LogP contribution in [0.5, 0.6) is 11.5 Å². The maximum atomic E-state index is 6.04. The Balaban J connectivity index is 2.31. The molecule has 0 aliphatic heterocycles. The van der Waals surface area contributed by atoms with Gasteiger partial charge in [0.25, 0.3) is 0 Å². The van der Waals surface area contributed by atoms with Crippen LogP contribution in [0.4, 0.5) is 0 Å². The van der Waals surface area contributed by atoms with Gasteiger partial charge in [0.1, 0.15) is 5.75 Å². The maximum Gasteiger partial charge on any atom is 0.164 e. The van der Waals surface area contributed by atoms with Crippen LogP contribution in [0.2, 0.25) is 10.0 Å². The maximum absolute atomic E-state index is 6.04. The second-order valence-corrected chi connectivity index (χ2v) is 4.16. The highest BCUT2D eigenvalue weighted by Gasteiger charge is 2.06. The molecule has 0 N–H and O–H groups in total. The first-order valence-corrected chi connectivity index (χ1v) is 5.46. The Labute approximate surface area is 104 Å². The summed E-state index contributed by atoms with van der Waals surface area (Å²) in [5.74, 6) is 1.07. The van der Waals surface area contributed by atoms with Crippen molar-refractivity contribution in [1.29, 1.82) is 0 Å². The summed E-state index contributed by atoms with van der Waals surface area (Å²) in [6.45, 7) is 1.96. The van der Waals surface area contributed by atoms with Gasteiger partial charge in [-0.15, -0.1) is 0 Å². The Kier molecular flexibility index (Phi) is 3.32. The van der Waals surface area contributed by atoms with Crippen LogP contribution in [0.3, 0.4) is 0 Å². The van der Waals surface area contributed by atoms with Gasteiger partial charge >= 0.3 is 0 Å². The number of hydrogen-bond acceptors (Lipinski definition) is 2. The third-order valence-electron chi connectivity index (χ3n) is 2.04. The number of pyridine rings is 1. The average Bonchev–Trinajstić information content (AvgIpc) is 2.25. The lowest BCUT2D eigenvalue weighted by molar-refractivity contribution is 0.480. The van der Waals surface area contributed by atoms with Gasteiger partial charge in [-0.2, -0.15) is 0 Å². The van der Waals surface area contributed by atoms with Crippen molar-refractivity contribution >= 4 is 23.2 Å². The molecule has 0 aliphatic carbocycles. The van der Waals surface area contributed by atoms with Crippen molar-refractivity contribution in [3.63, 3.8) is 0 Å². The minimum Gasteiger partial charge on any atom is -0.453 e. The summed E-state index contributed by atoms with van der Waals surface area (Å²) in [6.07, 6.45) is 3.16. The number of aromatic nitrogens is 1. The fourth-order valence-electron chi connectivity index (χ4n) is 1.25. The van der Waals surface area contributed by atoms with E-state index in [9.17, 15) is 0 Å². The van der Waals surface area contributed by atoms with Gasteiger partial charge in [-0.25, -0.2) is 0 Å². The highest BCUT2D eigenvalue weighted by atomic mass is 35.5. The average molecular weight is 254 g/mol. The molecular weight excluding hydrogens is 245 g/mol. The van der Waals surface area contributed by atoms with Crippen LogP contribution in [0.15, 0.2) is 36.7 Å². The SMILES string of the molecule is Cc1ccc(Oc2cnccc2Cl)c(Cl)c1. The molecule has 2 nitrogen and oxygen atoms in total. The number of hydrogen-bond donors (Lipinski definition) is 0. The van der Waals surface area contributed by atoms with E-state index in [1.165, 1.54) is 0 Å². The summed E-state index contributed by atoms with van der Waals surface area (Å²) < 4.78 is 5.57. The monoisotopic (exact) mass is 253 g/mol. The first kappa shape index (κ1) is 11.2. The van der Waals surface area contributed by atoms with Gasteiger partial charge in [-0.3, -0.25) is 4.98 Å². The highest BCUT2D eigenvalue weighted by Crippen LogP contribution is 2.32. The van der Waals surface area contributed by atoms with Crippen LogP contribution in [0.1, 0.15) is 5.56 Å². The first-order valence-electron chi connectivity index (χ1n) is 4.70. The molecule has 1 aromatic heterocycles. The smallest absolute Gasteiger partial charge is 0.164 e. The number of halogens is 2. The summed E-state index contributed by atoms with van der Waals surface area (Å²) in [7, 11) is 0. The highest BCUT2D eigenvalue weighted by molar-refractivity contribution is 6.32. The molecule has 2 aromatic rings. The van der Waals surface area contributed by atoms with Gasteiger partial charge in [0, 0.05) is 6.20 Å². The van der Waals surface area contributed by atoms with Crippen LogP contribution >= 0.6 is 23.2 Å². The standard InChI is InChI=1S/C12H9Cl2NO/c1-8-2-3-11(10(14)6-8)16-12-7-15-5-4-9(12)13/h2-7H,1H3. The molecule has 1 aromatic carbocycles. The van der Waals surface area contributed by atoms with Gasteiger partial charge in [0.15, 0.2) is 5.75 Å². The molecule has 0 aliphatic rings. The molecule has 4 heteroatoms. The Bertz CT molecular complexity index is 514. The number of benzene rings is 1. The molecule has 82 valence electrons. The van der Waals surface area contributed by atoms with E-state index in [1.807, 2.05) is 19.1 Å². The first-order chi connectivity index (χ1) is 7.66. The molecule has 0 saturated carbocycles. The van der Waals surface area contributed by atoms with Crippen LogP contribution in [0, 0.1) is 6.92 Å². The van der Waals surface area contributed by atoms with Crippen molar-refractivity contribution in [2.24, 2.45) is 0 Å². The van der Waals surface area contributed by atoms with Gasteiger partial charge < -0.3 is 4.74 Å². The molecule has 0 unspecified atom stereocenters. The van der Waals surface area contributed by atoms with Crippen molar-refractivity contribution in [2.75, 3.05) is 0 Å². The lowest BCUT2D eigenvalue weighted by Crippen LogP contribution is -1.87. The van der Waals surface area contributed by atoms with Crippen molar-refractivity contribution in [1.82, 2.24) is 4.98 Å². The largest absolute Gasteiger partial charge is 0.453 e. The minimum absolute atomic E-state index is 0.495. The molecule has 0 fully saturated rings. The van der Waals surface area contributed by atoms with Gasteiger partial charge in [0.2, 0.25) is 0 Å². The molecule has 2 rings (SSSR count). The molecule has 0 saturated heterocycles. The van der Waals surface area contributed by atoms with Crippen LogP contribution in [0.25, 0.3) is 0 Å². The predicted octanol–water partition coefficient (Wildman–Crippen LogP) is 4.49. The zero-order valence-electron chi connectivity index (χ0n) is 8.58. The predicted molar refractivity (Wildman–Crippen MR) is 65.5 cm³/mol. The second kappa shape index (κ2) is 4.73. The number of nitrogens with zero attached hydrogens (tertiary/aromatic N) is 1. The molecule has 0 atom stereocenters. The Hall–Kier alpha value is -1.25. The summed E-state index contributed by atoms with van der Waals surface area (Å²) in [5, 5.41) is 1.06. The second-order valence-electron chi connectivity index (χ2n) is 3.34. The van der Waals surface area contributed by atoms with E-state index in [0.717, 1.165) is 5.56 Å². The number of ether oxygens (including phenoxy) is 1. The summed E-state index contributed by atoms with van der Waals surface area (Å²) >= 11 is 12.0. The van der Waals surface area contributed by atoms with E-state index in [4.69, 9.17) is 27.9 Å². The fourth-order valence-corrected chi connectivity index (χ4v) is 1.66. The molecular formula is C12H9Cl2NO. The zero-order valence-corrected chi connectivity index (χ0v) is 10.1. The summed E-state index contributed by atoms with van der Waals surface area (Å²) in [4.78, 5) is 3.94. The Morgan fingerprint density at radius 1 is 1.06 bits per heavy atom. The van der Waals surface area contributed by atoms with Crippen LogP contribution in [-0.4, -0.2) is 4.98 Å². The molecule has 0 bridgehead atoms. The third kappa shape index (κ3) is 2.46. The van der Waals surface area contributed by atoms with Gasteiger partial charge in [0.05, 0.1) is 16.2 Å². The van der Waals surface area contributed by atoms with Crippen molar-refractivity contribution in [3.05, 3.63) is 52.3 Å². The van der Waals surface area contributed by atoms with Crippen LogP contribution < -0.4 is 4.74 Å². The Morgan fingerprint density at radius 2 is 1.88 bits per heavy atom. The molecule has 1 heterocycles. The summed E-state index contributed by atoms with van der Waals surface area (Å²) in [6, 6.07) is 7.23. The molecule has 0 amide bonds. The zero-order chi connectivity index (χ0) is 11.5. The van der Waals surface area contributed by atoms with E-state index in [0.29, 0.717) is 21.5 Å². The molecule has 16 heavy (non-hydrogen) atoms. The van der Waals surface area contributed by atoms with E-state index in [1.54, 1.807) is 24.5 Å².